The van der Waals surface area contributed by atoms with Crippen LogP contribution in [0, 0.1) is 11.3 Å². The van der Waals surface area contributed by atoms with Crippen LogP contribution >= 0.6 is 0 Å². The molecule has 2 aromatic rings. The van der Waals surface area contributed by atoms with Crippen LogP contribution in [0.1, 0.15) is 23.6 Å². The predicted molar refractivity (Wildman–Crippen MR) is 61.0 cm³/mol. The second-order valence-electron chi connectivity index (χ2n) is 3.79. The molecule has 0 spiro atoms. The SMILES string of the molecule is CC(c1nnc2cc(C#N)ccn12)S(C)(=O)=O. The maximum Gasteiger partial charge on any atom is 0.162 e. The van der Waals surface area contributed by atoms with E-state index in [1.54, 1.807) is 29.7 Å². The van der Waals surface area contributed by atoms with Crippen LogP contribution in [0.2, 0.25) is 0 Å². The molecule has 0 saturated heterocycles. The van der Waals surface area contributed by atoms with Crippen molar-refractivity contribution in [2.45, 2.75) is 12.2 Å². The average molecular weight is 250 g/mol. The van der Waals surface area contributed by atoms with Crippen LogP contribution in [0.15, 0.2) is 18.3 Å². The number of rotatable bonds is 2. The highest BCUT2D eigenvalue weighted by Gasteiger charge is 2.22. The van der Waals surface area contributed by atoms with Gasteiger partial charge >= 0.3 is 0 Å². The second kappa shape index (κ2) is 3.82. The number of nitrogens with zero attached hydrogens (tertiary/aromatic N) is 4. The lowest BCUT2D eigenvalue weighted by molar-refractivity contribution is 0.588. The fraction of sp³-hybridized carbons (Fsp3) is 0.300. The van der Waals surface area contributed by atoms with Gasteiger partial charge in [0, 0.05) is 18.5 Å². The fourth-order valence-corrected chi connectivity index (χ4v) is 1.99. The third-order valence-corrected chi connectivity index (χ3v) is 4.07. The van der Waals surface area contributed by atoms with E-state index in [4.69, 9.17) is 5.26 Å². The average Bonchev–Trinajstić information content (AvgIpc) is 2.69. The largest absolute Gasteiger partial charge is 0.285 e. The van der Waals surface area contributed by atoms with E-state index in [1.807, 2.05) is 6.07 Å². The molecule has 0 fully saturated rings. The molecule has 0 aliphatic heterocycles. The van der Waals surface area contributed by atoms with Gasteiger partial charge in [-0.15, -0.1) is 10.2 Å². The number of hydrogen-bond acceptors (Lipinski definition) is 5. The van der Waals surface area contributed by atoms with Crippen molar-refractivity contribution in [2.24, 2.45) is 0 Å². The Morgan fingerprint density at radius 2 is 2.18 bits per heavy atom. The standard InChI is InChI=1S/C10H10N4O2S/c1-7(17(2,15)16)10-13-12-9-5-8(6-11)3-4-14(9)10/h3-5,7H,1-2H3. The first-order chi connectivity index (χ1) is 7.93. The Morgan fingerprint density at radius 1 is 1.47 bits per heavy atom. The molecule has 2 rings (SSSR count). The van der Waals surface area contributed by atoms with Crippen molar-refractivity contribution >= 4 is 15.5 Å². The Bertz CT molecular complexity index is 711. The zero-order valence-electron chi connectivity index (χ0n) is 9.32. The van der Waals surface area contributed by atoms with Crippen molar-refractivity contribution in [3.63, 3.8) is 0 Å². The highest BCUT2D eigenvalue weighted by Crippen LogP contribution is 2.19. The molecule has 0 radical (unpaired) electrons. The molecular weight excluding hydrogens is 240 g/mol. The van der Waals surface area contributed by atoms with Crippen LogP contribution in [-0.4, -0.2) is 29.3 Å². The van der Waals surface area contributed by atoms with Crippen molar-refractivity contribution < 1.29 is 8.42 Å². The normalized spacial score (nSPS) is 13.5. The number of hydrogen-bond donors (Lipinski definition) is 0. The molecule has 1 atom stereocenters. The Labute approximate surface area is 98.4 Å². The van der Waals surface area contributed by atoms with E-state index in [1.165, 1.54) is 0 Å². The van der Waals surface area contributed by atoms with Crippen LogP contribution in [0.4, 0.5) is 0 Å². The lowest BCUT2D eigenvalue weighted by Crippen LogP contribution is -2.11. The molecule has 0 saturated carbocycles. The Morgan fingerprint density at radius 3 is 2.76 bits per heavy atom. The first-order valence-corrected chi connectivity index (χ1v) is 6.82. The minimum atomic E-state index is -3.22. The molecule has 88 valence electrons. The highest BCUT2D eigenvalue weighted by atomic mass is 32.2. The zero-order chi connectivity index (χ0) is 12.6. The quantitative estimate of drug-likeness (QED) is 0.783. The molecule has 0 aliphatic carbocycles. The number of nitriles is 1. The van der Waals surface area contributed by atoms with E-state index in [-0.39, 0.29) is 0 Å². The smallest absolute Gasteiger partial charge is 0.162 e. The monoisotopic (exact) mass is 250 g/mol. The number of sulfone groups is 1. The molecule has 0 bridgehead atoms. The summed E-state index contributed by atoms with van der Waals surface area (Å²) in [6.45, 7) is 1.56. The maximum atomic E-state index is 11.5. The van der Waals surface area contributed by atoms with Crippen LogP contribution in [0.5, 0.6) is 0 Å². The van der Waals surface area contributed by atoms with Gasteiger partial charge in [-0.3, -0.25) is 4.40 Å². The molecule has 2 aromatic heterocycles. The summed E-state index contributed by atoms with van der Waals surface area (Å²) >= 11 is 0. The van der Waals surface area contributed by atoms with Crippen molar-refractivity contribution in [3.8, 4) is 6.07 Å². The van der Waals surface area contributed by atoms with E-state index in [0.717, 1.165) is 6.26 Å². The zero-order valence-corrected chi connectivity index (χ0v) is 10.1. The molecule has 0 N–H and O–H groups in total. The summed E-state index contributed by atoms with van der Waals surface area (Å²) in [5.41, 5.74) is 0.929. The molecule has 6 nitrogen and oxygen atoms in total. The molecule has 0 aromatic carbocycles. The lowest BCUT2D eigenvalue weighted by Gasteiger charge is -2.06. The summed E-state index contributed by atoms with van der Waals surface area (Å²) < 4.78 is 24.5. The minimum absolute atomic E-state index is 0.354. The summed E-state index contributed by atoms with van der Waals surface area (Å²) in [4.78, 5) is 0. The van der Waals surface area contributed by atoms with Crippen molar-refractivity contribution in [1.29, 1.82) is 5.26 Å². The molecule has 17 heavy (non-hydrogen) atoms. The van der Waals surface area contributed by atoms with Gasteiger partial charge in [-0.2, -0.15) is 5.26 Å². The molecular formula is C10H10N4O2S. The van der Waals surface area contributed by atoms with E-state index in [0.29, 0.717) is 17.0 Å². The minimum Gasteiger partial charge on any atom is -0.285 e. The second-order valence-corrected chi connectivity index (χ2v) is 6.15. The van der Waals surface area contributed by atoms with Crippen LogP contribution < -0.4 is 0 Å². The molecule has 1 unspecified atom stereocenters. The number of fused-ring (bicyclic) bond motifs is 1. The van der Waals surface area contributed by atoms with Gasteiger partial charge in [0.1, 0.15) is 5.25 Å². The van der Waals surface area contributed by atoms with Gasteiger partial charge in [-0.25, -0.2) is 8.42 Å². The highest BCUT2D eigenvalue weighted by molar-refractivity contribution is 7.90. The third kappa shape index (κ3) is 1.99. The topological polar surface area (TPSA) is 88.1 Å². The fourth-order valence-electron chi connectivity index (χ4n) is 1.45. The summed E-state index contributed by atoms with van der Waals surface area (Å²) in [7, 11) is -3.22. The molecule has 7 heteroatoms. The molecule has 0 amide bonds. The number of pyridine rings is 1. The van der Waals surface area contributed by atoms with E-state index < -0.39 is 15.1 Å². The first kappa shape index (κ1) is 11.5. The van der Waals surface area contributed by atoms with Crippen LogP contribution in [-0.2, 0) is 9.84 Å². The van der Waals surface area contributed by atoms with E-state index >= 15 is 0 Å². The van der Waals surface area contributed by atoms with Crippen molar-refractivity contribution in [3.05, 3.63) is 29.7 Å². The van der Waals surface area contributed by atoms with Crippen LogP contribution in [0.25, 0.3) is 5.65 Å². The molecule has 2 heterocycles. The van der Waals surface area contributed by atoms with Gasteiger partial charge < -0.3 is 0 Å². The maximum absolute atomic E-state index is 11.5. The Kier molecular flexibility index (Phi) is 2.59. The van der Waals surface area contributed by atoms with Gasteiger partial charge in [0.05, 0.1) is 11.6 Å². The van der Waals surface area contributed by atoms with Crippen molar-refractivity contribution in [1.82, 2.24) is 14.6 Å². The van der Waals surface area contributed by atoms with Gasteiger partial charge in [0.2, 0.25) is 0 Å². The van der Waals surface area contributed by atoms with E-state index in [9.17, 15) is 8.42 Å². The summed E-state index contributed by atoms with van der Waals surface area (Å²) in [5.74, 6) is 0.354. The van der Waals surface area contributed by atoms with Crippen molar-refractivity contribution in [2.75, 3.05) is 6.26 Å². The van der Waals surface area contributed by atoms with Gasteiger partial charge in [0.15, 0.2) is 21.3 Å². The molecule has 0 aliphatic rings. The lowest BCUT2D eigenvalue weighted by atomic mass is 10.3. The van der Waals surface area contributed by atoms with Crippen LogP contribution in [0.3, 0.4) is 0 Å². The van der Waals surface area contributed by atoms with E-state index in [2.05, 4.69) is 10.2 Å². The van der Waals surface area contributed by atoms with Gasteiger partial charge in [0.25, 0.3) is 0 Å². The predicted octanol–water partition coefficient (Wildman–Crippen LogP) is 0.707. The summed E-state index contributed by atoms with van der Waals surface area (Å²) in [6, 6.07) is 5.14. The first-order valence-electron chi connectivity index (χ1n) is 4.87. The van der Waals surface area contributed by atoms with Gasteiger partial charge in [-0.1, -0.05) is 0 Å². The summed E-state index contributed by atoms with van der Waals surface area (Å²) in [5, 5.41) is 15.7. The number of aromatic nitrogens is 3. The Hall–Kier alpha value is -1.94. The Balaban J connectivity index is 2.63. The third-order valence-electron chi connectivity index (χ3n) is 2.57. The summed E-state index contributed by atoms with van der Waals surface area (Å²) in [6.07, 6.45) is 2.76. The van der Waals surface area contributed by atoms with Gasteiger partial charge in [-0.05, 0) is 13.0 Å².